The first-order valence-electron chi connectivity index (χ1n) is 9.57. The Kier molecular flexibility index (Phi) is 9.27. The molecule has 28 heavy (non-hydrogen) atoms. The average molecular weight is 499 g/mol. The summed E-state index contributed by atoms with van der Waals surface area (Å²) >= 11 is 0. The fraction of sp³-hybridized carbons (Fsp3) is 0.476. The highest BCUT2D eigenvalue weighted by molar-refractivity contribution is 14.0. The number of fused-ring (bicyclic) bond motifs is 1. The minimum Gasteiger partial charge on any atom is -0.494 e. The number of aliphatic hydroxyl groups excluding tert-OH is 1. The molecule has 0 aromatic heterocycles. The molecule has 0 aliphatic carbocycles. The highest BCUT2D eigenvalue weighted by Gasteiger charge is 2.37. The Morgan fingerprint density at radius 1 is 1.18 bits per heavy atom. The van der Waals surface area contributed by atoms with E-state index in [4.69, 9.17) is 9.47 Å². The number of hydrogen-bond acceptors (Lipinski definition) is 4. The van der Waals surface area contributed by atoms with Crippen LogP contribution in [0.2, 0.25) is 0 Å². The van der Waals surface area contributed by atoms with Crippen LogP contribution in [0.3, 0.4) is 0 Å². The number of nitrogens with one attached hydrogen (secondary N) is 2. The molecule has 0 bridgehead atoms. The summed E-state index contributed by atoms with van der Waals surface area (Å²) in [4.78, 5) is 4.58. The van der Waals surface area contributed by atoms with Crippen LogP contribution in [0.4, 0.5) is 0 Å². The van der Waals surface area contributed by atoms with Crippen LogP contribution in [-0.4, -0.2) is 57.1 Å². The molecule has 3 rings (SSSR count). The van der Waals surface area contributed by atoms with Gasteiger partial charge in [-0.05, 0) is 36.2 Å². The van der Waals surface area contributed by atoms with E-state index < -0.39 is 0 Å². The minimum absolute atomic E-state index is 0. The molecule has 2 aromatic carbocycles. The lowest BCUT2D eigenvalue weighted by Crippen LogP contribution is -2.49. The Labute approximate surface area is 183 Å². The molecule has 0 atom stereocenters. The van der Waals surface area contributed by atoms with Crippen molar-refractivity contribution in [2.24, 2.45) is 10.4 Å². The molecule has 3 N–H and O–H groups in total. The number of hydrogen-bond donors (Lipinski definition) is 3. The standard InChI is InChI=1S/C21H29N3O3.HI/c1-2-22-20(24-13-21(14-25)15-26-16-21)23-10-5-11-27-19-9-8-17-6-3-4-7-18(17)12-19;/h3-4,6-9,12,25H,2,5,10-11,13-16H2,1H3,(H2,22,23,24);1H. The van der Waals surface area contributed by atoms with Gasteiger partial charge in [-0.3, -0.25) is 4.99 Å². The third-order valence-corrected chi connectivity index (χ3v) is 4.67. The average Bonchev–Trinajstić information content (AvgIpc) is 2.67. The number of aliphatic hydroxyl groups is 1. The quantitative estimate of drug-likeness (QED) is 0.214. The van der Waals surface area contributed by atoms with Gasteiger partial charge in [-0.2, -0.15) is 0 Å². The summed E-state index contributed by atoms with van der Waals surface area (Å²) in [7, 11) is 0. The number of aliphatic imine (C=N–C) groups is 1. The smallest absolute Gasteiger partial charge is 0.191 e. The number of guanidine groups is 1. The number of nitrogens with zero attached hydrogens (tertiary/aromatic N) is 1. The number of benzene rings is 2. The minimum atomic E-state index is -0.207. The monoisotopic (exact) mass is 499 g/mol. The topological polar surface area (TPSA) is 75.1 Å². The van der Waals surface area contributed by atoms with E-state index in [9.17, 15) is 5.11 Å². The summed E-state index contributed by atoms with van der Waals surface area (Å²) in [5.41, 5.74) is -0.207. The summed E-state index contributed by atoms with van der Waals surface area (Å²) in [6.45, 7) is 6.05. The molecule has 0 amide bonds. The molecular weight excluding hydrogens is 469 g/mol. The van der Waals surface area contributed by atoms with E-state index in [1.54, 1.807) is 0 Å². The second-order valence-corrected chi connectivity index (χ2v) is 6.98. The van der Waals surface area contributed by atoms with Gasteiger partial charge in [0, 0.05) is 13.1 Å². The van der Waals surface area contributed by atoms with Gasteiger partial charge in [-0.25, -0.2) is 0 Å². The van der Waals surface area contributed by atoms with Crippen LogP contribution >= 0.6 is 24.0 Å². The Morgan fingerprint density at radius 3 is 2.64 bits per heavy atom. The van der Waals surface area contributed by atoms with Crippen molar-refractivity contribution in [3.05, 3.63) is 42.5 Å². The van der Waals surface area contributed by atoms with Crippen molar-refractivity contribution in [2.45, 2.75) is 13.3 Å². The zero-order valence-electron chi connectivity index (χ0n) is 16.3. The molecule has 0 radical (unpaired) electrons. The molecule has 1 aliphatic rings. The first-order valence-corrected chi connectivity index (χ1v) is 9.57. The van der Waals surface area contributed by atoms with E-state index in [1.807, 2.05) is 25.1 Å². The Balaban J connectivity index is 0.00000280. The molecule has 154 valence electrons. The van der Waals surface area contributed by atoms with Gasteiger partial charge < -0.3 is 25.2 Å². The van der Waals surface area contributed by atoms with Gasteiger partial charge in [0.15, 0.2) is 5.96 Å². The van der Waals surface area contributed by atoms with Crippen molar-refractivity contribution in [3.8, 4) is 5.75 Å². The Hall–Kier alpha value is -1.58. The van der Waals surface area contributed by atoms with E-state index in [0.717, 1.165) is 31.2 Å². The molecular formula is C21H30IN3O3. The fourth-order valence-corrected chi connectivity index (χ4v) is 2.94. The molecule has 7 heteroatoms. The van der Waals surface area contributed by atoms with Gasteiger partial charge in [-0.15, -0.1) is 24.0 Å². The van der Waals surface area contributed by atoms with Crippen LogP contribution in [0, 0.1) is 5.41 Å². The molecule has 1 aliphatic heterocycles. The van der Waals surface area contributed by atoms with Gasteiger partial charge in [-0.1, -0.05) is 30.3 Å². The second kappa shape index (κ2) is 11.4. The third kappa shape index (κ3) is 6.22. The maximum absolute atomic E-state index is 9.49. The normalized spacial score (nSPS) is 15.4. The zero-order chi connectivity index (χ0) is 19.0. The lowest BCUT2D eigenvalue weighted by Gasteiger charge is -2.38. The SMILES string of the molecule is CCNC(=NCC1(CO)COC1)NCCCOc1ccc2ccccc2c1.I. The molecule has 0 unspecified atom stereocenters. The predicted octanol–water partition coefficient (Wildman–Crippen LogP) is 2.79. The van der Waals surface area contributed by atoms with E-state index in [1.165, 1.54) is 10.8 Å². The summed E-state index contributed by atoms with van der Waals surface area (Å²) in [6, 6.07) is 14.4. The van der Waals surface area contributed by atoms with Gasteiger partial charge in [0.2, 0.25) is 0 Å². The zero-order valence-corrected chi connectivity index (χ0v) is 18.6. The third-order valence-electron chi connectivity index (χ3n) is 4.67. The summed E-state index contributed by atoms with van der Waals surface area (Å²) in [5.74, 6) is 1.66. The number of halogens is 1. The molecule has 0 spiro atoms. The Bertz CT molecular complexity index is 760. The number of ether oxygens (including phenoxy) is 2. The maximum atomic E-state index is 9.49. The van der Waals surface area contributed by atoms with Gasteiger partial charge in [0.05, 0.1) is 38.4 Å². The lowest BCUT2D eigenvalue weighted by atomic mass is 9.87. The molecule has 1 saturated heterocycles. The van der Waals surface area contributed by atoms with Gasteiger partial charge >= 0.3 is 0 Å². The molecule has 6 nitrogen and oxygen atoms in total. The van der Waals surface area contributed by atoms with Gasteiger partial charge in [0.25, 0.3) is 0 Å². The van der Waals surface area contributed by atoms with Crippen LogP contribution in [0.1, 0.15) is 13.3 Å². The van der Waals surface area contributed by atoms with E-state index in [2.05, 4.69) is 39.9 Å². The largest absolute Gasteiger partial charge is 0.494 e. The van der Waals surface area contributed by atoms with Crippen molar-refractivity contribution < 1.29 is 14.6 Å². The first kappa shape index (κ1) is 22.7. The van der Waals surface area contributed by atoms with Crippen molar-refractivity contribution in [1.29, 1.82) is 0 Å². The van der Waals surface area contributed by atoms with E-state index in [0.29, 0.717) is 26.4 Å². The lowest BCUT2D eigenvalue weighted by molar-refractivity contribution is -0.130. The number of rotatable bonds is 9. The molecule has 0 saturated carbocycles. The van der Waals surface area contributed by atoms with Crippen molar-refractivity contribution >= 4 is 40.7 Å². The summed E-state index contributed by atoms with van der Waals surface area (Å²) < 4.78 is 11.1. The maximum Gasteiger partial charge on any atom is 0.191 e. The van der Waals surface area contributed by atoms with Crippen LogP contribution in [0.25, 0.3) is 10.8 Å². The highest BCUT2D eigenvalue weighted by Crippen LogP contribution is 2.26. The molecule has 1 heterocycles. The van der Waals surface area contributed by atoms with E-state index >= 15 is 0 Å². The molecule has 1 fully saturated rings. The van der Waals surface area contributed by atoms with Crippen LogP contribution in [0.15, 0.2) is 47.5 Å². The molecule has 2 aromatic rings. The first-order chi connectivity index (χ1) is 13.2. The van der Waals surface area contributed by atoms with Crippen LogP contribution in [0.5, 0.6) is 5.75 Å². The van der Waals surface area contributed by atoms with Crippen molar-refractivity contribution in [1.82, 2.24) is 10.6 Å². The predicted molar refractivity (Wildman–Crippen MR) is 124 cm³/mol. The van der Waals surface area contributed by atoms with Gasteiger partial charge in [0.1, 0.15) is 5.75 Å². The summed E-state index contributed by atoms with van der Waals surface area (Å²) in [5, 5.41) is 18.4. The van der Waals surface area contributed by atoms with Crippen LogP contribution < -0.4 is 15.4 Å². The fourth-order valence-electron chi connectivity index (χ4n) is 2.94. The second-order valence-electron chi connectivity index (χ2n) is 6.98. The van der Waals surface area contributed by atoms with Crippen molar-refractivity contribution in [3.63, 3.8) is 0 Å². The van der Waals surface area contributed by atoms with E-state index in [-0.39, 0.29) is 36.0 Å². The summed E-state index contributed by atoms with van der Waals surface area (Å²) in [6.07, 6.45) is 0.867. The van der Waals surface area contributed by atoms with Crippen LogP contribution in [-0.2, 0) is 4.74 Å². The highest BCUT2D eigenvalue weighted by atomic mass is 127. The van der Waals surface area contributed by atoms with Crippen molar-refractivity contribution in [2.75, 3.05) is 46.1 Å². The Morgan fingerprint density at radius 2 is 1.96 bits per heavy atom.